The van der Waals surface area contributed by atoms with Gasteiger partial charge >= 0.3 is 0 Å². The van der Waals surface area contributed by atoms with Crippen LogP contribution in [0.1, 0.15) is 50.8 Å². The number of para-hydroxylation sites is 2. The average molecular weight is 284 g/mol. The zero-order valence-electron chi connectivity index (χ0n) is 12.3. The maximum Gasteiger partial charge on any atom is 0.219 e. The lowest BCUT2D eigenvalue weighted by atomic mass is 9.50. The number of hydrogen-bond acceptors (Lipinski definition) is 3. The lowest BCUT2D eigenvalue weighted by Crippen LogP contribution is -2.55. The molecule has 1 aromatic heterocycles. The molecule has 1 aromatic carbocycles. The van der Waals surface area contributed by atoms with Gasteiger partial charge in [0.05, 0.1) is 0 Å². The summed E-state index contributed by atoms with van der Waals surface area (Å²) >= 11 is 0. The van der Waals surface area contributed by atoms with Crippen LogP contribution in [0.15, 0.2) is 28.7 Å². The highest BCUT2D eigenvalue weighted by Crippen LogP contribution is 2.61. The topological polar surface area (TPSA) is 55.1 Å². The molecule has 0 bridgehead atoms. The number of hydrogen-bond donors (Lipinski definition) is 1. The van der Waals surface area contributed by atoms with Crippen molar-refractivity contribution in [1.29, 1.82) is 0 Å². The summed E-state index contributed by atoms with van der Waals surface area (Å²) in [4.78, 5) is 16.0. The number of carbonyl (C=O) groups excluding carboxylic acids is 1. The highest BCUT2D eigenvalue weighted by molar-refractivity contribution is 5.76. The van der Waals surface area contributed by atoms with Crippen LogP contribution in [-0.4, -0.2) is 16.9 Å². The summed E-state index contributed by atoms with van der Waals surface area (Å²) in [5, 5.41) is 3.09. The number of amides is 1. The van der Waals surface area contributed by atoms with Gasteiger partial charge in [-0.15, -0.1) is 0 Å². The van der Waals surface area contributed by atoms with E-state index in [0.717, 1.165) is 42.7 Å². The Kier molecular flexibility index (Phi) is 2.81. The van der Waals surface area contributed by atoms with Crippen molar-refractivity contribution in [3.63, 3.8) is 0 Å². The molecule has 2 aromatic rings. The first kappa shape index (κ1) is 12.9. The molecule has 2 aliphatic carbocycles. The second kappa shape index (κ2) is 4.58. The summed E-state index contributed by atoms with van der Waals surface area (Å²) in [6, 6.07) is 8.33. The third-order valence-corrected chi connectivity index (χ3v) is 5.06. The zero-order chi connectivity index (χ0) is 14.4. The first-order valence-corrected chi connectivity index (χ1v) is 7.82. The van der Waals surface area contributed by atoms with Gasteiger partial charge in [0.25, 0.3) is 0 Å². The van der Waals surface area contributed by atoms with Crippen molar-refractivity contribution in [2.75, 3.05) is 0 Å². The predicted molar refractivity (Wildman–Crippen MR) is 79.9 cm³/mol. The summed E-state index contributed by atoms with van der Waals surface area (Å²) in [5.41, 5.74) is 2.28. The number of nitrogens with one attached hydrogen (secondary N) is 1. The highest BCUT2D eigenvalue weighted by atomic mass is 16.3. The quantitative estimate of drug-likeness (QED) is 0.940. The predicted octanol–water partition coefficient (Wildman–Crippen LogP) is 3.38. The van der Waals surface area contributed by atoms with Gasteiger partial charge in [-0.25, -0.2) is 4.98 Å². The summed E-state index contributed by atoms with van der Waals surface area (Å²) in [7, 11) is 0. The van der Waals surface area contributed by atoms with Crippen LogP contribution in [0.2, 0.25) is 0 Å². The molecular formula is C17H20N2O2. The van der Waals surface area contributed by atoms with Crippen LogP contribution in [0.25, 0.3) is 11.1 Å². The summed E-state index contributed by atoms with van der Waals surface area (Å²) < 4.78 is 5.86. The van der Waals surface area contributed by atoms with Crippen LogP contribution in [-0.2, 0) is 4.79 Å². The van der Waals surface area contributed by atoms with E-state index in [4.69, 9.17) is 4.42 Å². The first-order valence-electron chi connectivity index (χ1n) is 7.82. The molecular weight excluding hydrogens is 264 g/mol. The van der Waals surface area contributed by atoms with Crippen LogP contribution in [0.3, 0.4) is 0 Å². The van der Waals surface area contributed by atoms with Gasteiger partial charge in [0.1, 0.15) is 5.52 Å². The number of rotatable bonds is 3. The summed E-state index contributed by atoms with van der Waals surface area (Å²) in [5.74, 6) is 1.52. The van der Waals surface area contributed by atoms with Gasteiger partial charge in [-0.05, 0) is 43.2 Å². The van der Waals surface area contributed by atoms with Crippen molar-refractivity contribution in [3.8, 4) is 0 Å². The highest BCUT2D eigenvalue weighted by Gasteiger charge is 2.54. The van der Waals surface area contributed by atoms with Crippen molar-refractivity contribution in [3.05, 3.63) is 30.2 Å². The molecule has 0 saturated heterocycles. The van der Waals surface area contributed by atoms with Crippen LogP contribution >= 0.6 is 0 Å². The van der Waals surface area contributed by atoms with Crippen LogP contribution in [0.4, 0.5) is 0 Å². The number of carbonyl (C=O) groups is 1. The molecule has 1 spiro atoms. The standard InChI is InChI=1S/C17H20N2O2/c1-2-15(20)18-12-9-17(10-12)7-11(8-17)16-19-13-5-3-4-6-14(13)21-16/h3-6,11-12H,2,7-10H2,1H3,(H,18,20). The van der Waals surface area contributed by atoms with E-state index in [1.807, 2.05) is 31.2 Å². The minimum Gasteiger partial charge on any atom is -0.440 e. The summed E-state index contributed by atoms with van der Waals surface area (Å²) in [6.07, 6.45) is 5.12. The maximum absolute atomic E-state index is 11.4. The van der Waals surface area contributed by atoms with Gasteiger partial charge in [0.15, 0.2) is 11.5 Å². The Balaban J connectivity index is 1.36. The Morgan fingerprint density at radius 1 is 1.33 bits per heavy atom. The van der Waals surface area contributed by atoms with E-state index in [0.29, 0.717) is 23.8 Å². The van der Waals surface area contributed by atoms with E-state index in [9.17, 15) is 4.79 Å². The lowest BCUT2D eigenvalue weighted by Gasteiger charge is -2.57. The van der Waals surface area contributed by atoms with E-state index in [1.54, 1.807) is 0 Å². The first-order chi connectivity index (χ1) is 10.2. The molecule has 2 aliphatic rings. The lowest BCUT2D eigenvalue weighted by molar-refractivity contribution is -0.124. The smallest absolute Gasteiger partial charge is 0.219 e. The zero-order valence-corrected chi connectivity index (χ0v) is 12.3. The van der Waals surface area contributed by atoms with Gasteiger partial charge in [-0.3, -0.25) is 4.79 Å². The molecule has 0 unspecified atom stereocenters. The van der Waals surface area contributed by atoms with Gasteiger partial charge in [0, 0.05) is 18.4 Å². The van der Waals surface area contributed by atoms with E-state index in [1.165, 1.54) is 0 Å². The largest absolute Gasteiger partial charge is 0.440 e. The Morgan fingerprint density at radius 2 is 2.10 bits per heavy atom. The molecule has 2 fully saturated rings. The third kappa shape index (κ3) is 2.13. The fourth-order valence-electron chi connectivity index (χ4n) is 3.98. The minimum atomic E-state index is 0.171. The number of nitrogens with zero attached hydrogens (tertiary/aromatic N) is 1. The van der Waals surface area contributed by atoms with Crippen molar-refractivity contribution in [2.24, 2.45) is 5.41 Å². The van der Waals surface area contributed by atoms with Crippen LogP contribution in [0, 0.1) is 5.41 Å². The Labute approximate surface area is 123 Å². The van der Waals surface area contributed by atoms with Gasteiger partial charge in [-0.1, -0.05) is 19.1 Å². The maximum atomic E-state index is 11.4. The second-order valence-corrected chi connectivity index (χ2v) is 6.65. The molecule has 110 valence electrons. The molecule has 1 N–H and O–H groups in total. The number of fused-ring (bicyclic) bond motifs is 1. The molecule has 4 heteroatoms. The molecule has 21 heavy (non-hydrogen) atoms. The van der Waals surface area contributed by atoms with Crippen LogP contribution in [0.5, 0.6) is 0 Å². The van der Waals surface area contributed by atoms with E-state index >= 15 is 0 Å². The molecule has 4 rings (SSSR count). The van der Waals surface area contributed by atoms with E-state index in [2.05, 4.69) is 10.3 Å². The molecule has 2 saturated carbocycles. The summed E-state index contributed by atoms with van der Waals surface area (Å²) in [6.45, 7) is 1.90. The third-order valence-electron chi connectivity index (χ3n) is 5.06. The molecule has 1 heterocycles. The monoisotopic (exact) mass is 284 g/mol. The van der Waals surface area contributed by atoms with Crippen molar-refractivity contribution < 1.29 is 9.21 Å². The van der Waals surface area contributed by atoms with Crippen molar-refractivity contribution in [2.45, 2.75) is 51.0 Å². The Morgan fingerprint density at radius 3 is 2.81 bits per heavy atom. The number of benzene rings is 1. The molecule has 0 radical (unpaired) electrons. The fraction of sp³-hybridized carbons (Fsp3) is 0.529. The molecule has 1 amide bonds. The molecule has 4 nitrogen and oxygen atoms in total. The minimum absolute atomic E-state index is 0.171. The average Bonchev–Trinajstić information content (AvgIpc) is 2.82. The van der Waals surface area contributed by atoms with Gasteiger partial charge in [-0.2, -0.15) is 0 Å². The molecule has 0 atom stereocenters. The van der Waals surface area contributed by atoms with Gasteiger partial charge in [0.2, 0.25) is 5.91 Å². The van der Waals surface area contributed by atoms with Gasteiger partial charge < -0.3 is 9.73 Å². The van der Waals surface area contributed by atoms with Crippen molar-refractivity contribution >= 4 is 17.0 Å². The number of oxazole rings is 1. The second-order valence-electron chi connectivity index (χ2n) is 6.65. The van der Waals surface area contributed by atoms with E-state index in [-0.39, 0.29) is 5.91 Å². The Hall–Kier alpha value is -1.84. The fourth-order valence-corrected chi connectivity index (χ4v) is 3.98. The number of aromatic nitrogens is 1. The molecule has 0 aliphatic heterocycles. The van der Waals surface area contributed by atoms with E-state index < -0.39 is 0 Å². The SMILES string of the molecule is CCC(=O)NC1CC2(C1)CC(c1nc3ccccc3o1)C2. The Bertz CT molecular complexity index is 644. The normalized spacial score (nSPS) is 30.9. The van der Waals surface area contributed by atoms with Crippen LogP contribution < -0.4 is 5.32 Å². The van der Waals surface area contributed by atoms with Crippen molar-refractivity contribution in [1.82, 2.24) is 10.3 Å².